The maximum atomic E-state index is 11.9. The molecule has 0 fully saturated rings. The average molecular weight is 578 g/mol. The number of hydrogen-bond donors (Lipinski definition) is 2. The molecule has 2 aromatic carbocycles. The van der Waals surface area contributed by atoms with Crippen LogP contribution in [0, 0.1) is 10.1 Å². The fourth-order valence-electron chi connectivity index (χ4n) is 3.03. The minimum absolute atomic E-state index is 0.0712. The summed E-state index contributed by atoms with van der Waals surface area (Å²) < 4.78 is 11.5. The van der Waals surface area contributed by atoms with Gasteiger partial charge in [-0.2, -0.15) is 0 Å². The Bertz CT molecular complexity index is 1470. The van der Waals surface area contributed by atoms with Crippen molar-refractivity contribution in [3.8, 4) is 28.5 Å². The predicted octanol–water partition coefficient (Wildman–Crippen LogP) is 6.28. The van der Waals surface area contributed by atoms with Crippen molar-refractivity contribution in [3.05, 3.63) is 78.8 Å². The number of non-ortho nitro benzene ring substituents is 1. The Balaban J connectivity index is 1.59. The number of furan rings is 1. The normalized spacial score (nSPS) is 11.5. The van der Waals surface area contributed by atoms with Gasteiger partial charge in [-0.15, -0.1) is 5.10 Å². The number of benzene rings is 2. The molecule has 2 aromatic heterocycles. The molecule has 4 aromatic rings. The van der Waals surface area contributed by atoms with Crippen molar-refractivity contribution in [2.45, 2.75) is 5.16 Å². The number of nitrogens with one attached hydrogen (secondary N) is 1. The van der Waals surface area contributed by atoms with E-state index in [4.69, 9.17) is 20.8 Å². The summed E-state index contributed by atoms with van der Waals surface area (Å²) >= 11 is 10.2. The van der Waals surface area contributed by atoms with E-state index in [0.29, 0.717) is 38.0 Å². The smallest absolute Gasteiger partial charge is 0.342 e. The fourth-order valence-corrected chi connectivity index (χ4v) is 4.45. The Labute approximate surface area is 215 Å². The van der Waals surface area contributed by atoms with Crippen molar-refractivity contribution in [1.82, 2.24) is 15.2 Å². The van der Waals surface area contributed by atoms with E-state index in [1.807, 2.05) is 0 Å². The lowest BCUT2D eigenvalue weighted by molar-refractivity contribution is -0.384. The van der Waals surface area contributed by atoms with E-state index in [2.05, 4.69) is 31.1 Å². The van der Waals surface area contributed by atoms with E-state index in [1.54, 1.807) is 36.4 Å². The van der Waals surface area contributed by atoms with E-state index in [0.717, 1.165) is 11.8 Å². The molecule has 13 heteroatoms. The highest BCUT2D eigenvalue weighted by Gasteiger charge is 2.18. The van der Waals surface area contributed by atoms with Gasteiger partial charge in [0, 0.05) is 33.3 Å². The van der Waals surface area contributed by atoms with Crippen LogP contribution in [0.4, 0.5) is 5.69 Å². The lowest BCUT2D eigenvalue weighted by atomic mass is 10.1. The molecule has 0 bridgehead atoms. The number of carbonyl (C=O) groups is 1. The van der Waals surface area contributed by atoms with Gasteiger partial charge < -0.3 is 14.3 Å². The van der Waals surface area contributed by atoms with E-state index < -0.39 is 10.9 Å². The number of carboxylic acids is 1. The number of hydrogen-bond acceptors (Lipinski definition) is 8. The molecule has 0 spiro atoms. The summed E-state index contributed by atoms with van der Waals surface area (Å²) in [4.78, 5) is 26.6. The standard InChI is InChI=1S/C22H14BrClN4O6S/c1-33-17-6-2-11(24)8-15(17)20-25-22(27-26-20)35-19(21(29)30)10-13-4-7-18(34-13)14-5-3-12(28(31)32)9-16(14)23/h2-10H,1H3,(H,29,30)(H,25,26,27)/b19-10-. The molecule has 178 valence electrons. The zero-order chi connectivity index (χ0) is 25.1. The van der Waals surface area contributed by atoms with E-state index in [1.165, 1.54) is 25.3 Å². The minimum atomic E-state index is -1.20. The largest absolute Gasteiger partial charge is 0.496 e. The van der Waals surface area contributed by atoms with Gasteiger partial charge >= 0.3 is 5.97 Å². The molecule has 35 heavy (non-hydrogen) atoms. The van der Waals surface area contributed by atoms with E-state index in [9.17, 15) is 20.0 Å². The van der Waals surface area contributed by atoms with Crippen molar-refractivity contribution in [1.29, 1.82) is 0 Å². The topological polar surface area (TPSA) is 144 Å². The van der Waals surface area contributed by atoms with Crippen LogP contribution in [0.3, 0.4) is 0 Å². The van der Waals surface area contributed by atoms with Crippen LogP contribution in [0.1, 0.15) is 5.76 Å². The summed E-state index contributed by atoms with van der Waals surface area (Å²) in [6.07, 6.45) is 1.34. The van der Waals surface area contributed by atoms with Gasteiger partial charge in [0.1, 0.15) is 22.2 Å². The molecular weight excluding hydrogens is 564 g/mol. The summed E-state index contributed by atoms with van der Waals surface area (Å²) in [5, 5.41) is 28.1. The third-order valence-electron chi connectivity index (χ3n) is 4.62. The Hall–Kier alpha value is -3.61. The third-order valence-corrected chi connectivity index (χ3v) is 6.39. The number of nitro groups is 1. The summed E-state index contributed by atoms with van der Waals surface area (Å²) in [5.74, 6) is 0.357. The van der Waals surface area contributed by atoms with Gasteiger partial charge in [0.15, 0.2) is 5.82 Å². The van der Waals surface area contributed by atoms with Crippen LogP contribution in [-0.2, 0) is 4.79 Å². The maximum Gasteiger partial charge on any atom is 0.342 e. The number of halogens is 2. The highest BCUT2D eigenvalue weighted by molar-refractivity contribution is 9.10. The number of aliphatic carboxylic acids is 1. The number of aromatic amines is 1. The molecule has 2 N–H and O–H groups in total. The van der Waals surface area contributed by atoms with Crippen LogP contribution < -0.4 is 4.74 Å². The molecule has 0 saturated heterocycles. The van der Waals surface area contributed by atoms with Crippen molar-refractivity contribution in [3.63, 3.8) is 0 Å². The van der Waals surface area contributed by atoms with Crippen molar-refractivity contribution in [2.75, 3.05) is 7.11 Å². The second kappa shape index (κ2) is 10.3. The number of methoxy groups -OCH3 is 1. The Morgan fingerprint density at radius 3 is 2.74 bits per heavy atom. The lowest BCUT2D eigenvalue weighted by Crippen LogP contribution is -1.97. The van der Waals surface area contributed by atoms with Crippen LogP contribution >= 0.6 is 39.3 Å². The first-order chi connectivity index (χ1) is 16.7. The molecule has 0 atom stereocenters. The molecule has 0 unspecified atom stereocenters. The van der Waals surface area contributed by atoms with Crippen LogP contribution in [0.2, 0.25) is 5.02 Å². The summed E-state index contributed by atoms with van der Waals surface area (Å²) in [6.45, 7) is 0. The number of nitrogens with zero attached hydrogens (tertiary/aromatic N) is 3. The highest BCUT2D eigenvalue weighted by atomic mass is 79.9. The summed E-state index contributed by atoms with van der Waals surface area (Å²) in [7, 11) is 1.51. The summed E-state index contributed by atoms with van der Waals surface area (Å²) in [5.41, 5.74) is 1.08. The second-order valence-corrected chi connectivity index (χ2v) is 9.15. The van der Waals surface area contributed by atoms with Crippen LogP contribution in [-0.4, -0.2) is 38.3 Å². The van der Waals surface area contributed by atoms with Crippen LogP contribution in [0.5, 0.6) is 5.75 Å². The van der Waals surface area contributed by atoms with Gasteiger partial charge in [0.25, 0.3) is 5.69 Å². The number of thioether (sulfide) groups is 1. The number of nitro benzene ring substituents is 1. The number of H-pyrrole nitrogens is 1. The average Bonchev–Trinajstić information content (AvgIpc) is 3.48. The van der Waals surface area contributed by atoms with Gasteiger partial charge in [-0.1, -0.05) is 11.6 Å². The Morgan fingerprint density at radius 2 is 2.06 bits per heavy atom. The molecule has 0 amide bonds. The number of carboxylic acid groups (broad SMARTS) is 1. The fraction of sp³-hybridized carbons (Fsp3) is 0.0455. The van der Waals surface area contributed by atoms with E-state index >= 15 is 0 Å². The van der Waals surface area contributed by atoms with Gasteiger partial charge in [0.2, 0.25) is 5.16 Å². The minimum Gasteiger partial charge on any atom is -0.496 e. The molecule has 0 saturated carbocycles. The molecule has 4 rings (SSSR count). The van der Waals surface area contributed by atoms with Crippen LogP contribution in [0.25, 0.3) is 28.8 Å². The number of ether oxygens (including phenoxy) is 1. The Kier molecular flexibility index (Phi) is 7.24. The zero-order valence-corrected chi connectivity index (χ0v) is 20.8. The molecule has 2 heterocycles. The highest BCUT2D eigenvalue weighted by Crippen LogP contribution is 2.35. The summed E-state index contributed by atoms with van der Waals surface area (Å²) in [6, 6.07) is 12.5. The molecule has 0 aliphatic rings. The monoisotopic (exact) mass is 576 g/mol. The quantitative estimate of drug-likeness (QED) is 0.107. The SMILES string of the molecule is COc1ccc(Cl)cc1-c1nc(S/C(=C\c2ccc(-c3ccc([N+](=O)[O-])cc3Br)o2)C(=O)O)n[nH]1. The first kappa shape index (κ1) is 24.5. The number of rotatable bonds is 8. The first-order valence-corrected chi connectivity index (χ1v) is 11.7. The van der Waals surface area contributed by atoms with Gasteiger partial charge in [0.05, 0.1) is 17.6 Å². The van der Waals surface area contributed by atoms with Crippen molar-refractivity contribution >= 4 is 57.0 Å². The van der Waals surface area contributed by atoms with Gasteiger partial charge in [-0.05, 0) is 64.1 Å². The van der Waals surface area contributed by atoms with Gasteiger partial charge in [-0.3, -0.25) is 15.2 Å². The molecule has 10 nitrogen and oxygen atoms in total. The van der Waals surface area contributed by atoms with Gasteiger partial charge in [-0.25, -0.2) is 9.78 Å². The third kappa shape index (κ3) is 5.56. The maximum absolute atomic E-state index is 11.9. The zero-order valence-electron chi connectivity index (χ0n) is 17.7. The van der Waals surface area contributed by atoms with E-state index in [-0.39, 0.29) is 21.5 Å². The Morgan fingerprint density at radius 1 is 1.26 bits per heavy atom. The first-order valence-electron chi connectivity index (χ1n) is 9.68. The molecule has 0 aliphatic carbocycles. The predicted molar refractivity (Wildman–Crippen MR) is 133 cm³/mol. The van der Waals surface area contributed by atoms with Crippen molar-refractivity contribution in [2.24, 2.45) is 0 Å². The number of aromatic nitrogens is 3. The lowest BCUT2D eigenvalue weighted by Gasteiger charge is -2.05. The molecule has 0 radical (unpaired) electrons. The van der Waals surface area contributed by atoms with Crippen molar-refractivity contribution < 1.29 is 24.0 Å². The second-order valence-electron chi connectivity index (χ2n) is 6.85. The molecule has 0 aliphatic heterocycles. The van der Waals surface area contributed by atoms with Crippen LogP contribution in [0.15, 0.2) is 67.5 Å². The molecular formula is C22H14BrClN4O6S.